The summed E-state index contributed by atoms with van der Waals surface area (Å²) in [6.07, 6.45) is -0.742. The highest BCUT2D eigenvalue weighted by molar-refractivity contribution is 4.81. The monoisotopic (exact) mass is 148 g/mol. The Morgan fingerprint density at radius 1 is 0.900 bits per heavy atom. The molecule has 0 nitrogen and oxygen atoms in total. The third-order valence-corrected chi connectivity index (χ3v) is 2.43. The summed E-state index contributed by atoms with van der Waals surface area (Å²) < 4.78 is 25.7. The number of rotatable bonds is 0. The molecular weight excluding hydrogens is 134 g/mol. The smallest absolute Gasteiger partial charge is 0.103 e. The number of hydrogen-bond donors (Lipinski definition) is 0. The van der Waals surface area contributed by atoms with Crippen molar-refractivity contribution >= 4 is 0 Å². The molecule has 10 heavy (non-hydrogen) atoms. The molecule has 1 rings (SSSR count). The van der Waals surface area contributed by atoms with Crippen molar-refractivity contribution in [1.82, 2.24) is 0 Å². The molecule has 4 unspecified atom stereocenters. The van der Waals surface area contributed by atoms with Crippen molar-refractivity contribution in [2.75, 3.05) is 0 Å². The predicted octanol–water partition coefficient (Wildman–Crippen LogP) is 2.73. The van der Waals surface area contributed by atoms with E-state index in [9.17, 15) is 8.78 Å². The summed E-state index contributed by atoms with van der Waals surface area (Å²) in [6, 6.07) is 0. The van der Waals surface area contributed by atoms with Gasteiger partial charge in [-0.2, -0.15) is 0 Å². The van der Waals surface area contributed by atoms with E-state index < -0.39 is 12.3 Å². The van der Waals surface area contributed by atoms with Crippen LogP contribution in [0.15, 0.2) is 0 Å². The fourth-order valence-corrected chi connectivity index (χ4v) is 1.47. The molecule has 0 saturated heterocycles. The zero-order chi connectivity index (χ0) is 7.72. The third-order valence-electron chi connectivity index (χ3n) is 2.43. The van der Waals surface area contributed by atoms with E-state index in [2.05, 4.69) is 0 Å². The standard InChI is InChI=1S/C8H14F2/c1-5-3-8(10)6(2)4-7(5)9/h5-8H,3-4H2,1-2H3. The van der Waals surface area contributed by atoms with Gasteiger partial charge in [-0.15, -0.1) is 0 Å². The molecule has 0 amide bonds. The van der Waals surface area contributed by atoms with Crippen LogP contribution in [0.1, 0.15) is 26.7 Å². The average molecular weight is 148 g/mol. The first-order valence-electron chi connectivity index (χ1n) is 3.89. The summed E-state index contributed by atoms with van der Waals surface area (Å²) in [5.74, 6) is -0.155. The molecule has 0 radical (unpaired) electrons. The van der Waals surface area contributed by atoms with Gasteiger partial charge in [0.2, 0.25) is 0 Å². The van der Waals surface area contributed by atoms with Gasteiger partial charge in [-0.05, 0) is 24.7 Å². The van der Waals surface area contributed by atoms with Crippen LogP contribution in [0.2, 0.25) is 0 Å². The topological polar surface area (TPSA) is 0 Å². The molecule has 1 fully saturated rings. The van der Waals surface area contributed by atoms with Crippen LogP contribution in [-0.4, -0.2) is 12.3 Å². The highest BCUT2D eigenvalue weighted by Gasteiger charge is 2.32. The first-order chi connectivity index (χ1) is 4.61. The van der Waals surface area contributed by atoms with Gasteiger partial charge in [-0.25, -0.2) is 8.78 Å². The van der Waals surface area contributed by atoms with E-state index in [0.717, 1.165) is 0 Å². The van der Waals surface area contributed by atoms with Gasteiger partial charge in [0, 0.05) is 0 Å². The lowest BCUT2D eigenvalue weighted by Gasteiger charge is -2.30. The highest BCUT2D eigenvalue weighted by Crippen LogP contribution is 2.32. The van der Waals surface area contributed by atoms with Crippen LogP contribution in [0.25, 0.3) is 0 Å². The summed E-state index contributed by atoms with van der Waals surface area (Å²) in [5, 5.41) is 0. The quantitative estimate of drug-likeness (QED) is 0.495. The van der Waals surface area contributed by atoms with E-state index in [-0.39, 0.29) is 11.8 Å². The average Bonchev–Trinajstić information content (AvgIpc) is 1.84. The molecule has 0 aromatic heterocycles. The summed E-state index contributed by atoms with van der Waals surface area (Å²) in [5.41, 5.74) is 0. The Balaban J connectivity index is 2.46. The fourth-order valence-electron chi connectivity index (χ4n) is 1.47. The van der Waals surface area contributed by atoms with Crippen molar-refractivity contribution in [2.24, 2.45) is 11.8 Å². The molecule has 0 N–H and O–H groups in total. The van der Waals surface area contributed by atoms with Crippen LogP contribution in [0.4, 0.5) is 8.78 Å². The summed E-state index contributed by atoms with van der Waals surface area (Å²) in [6.45, 7) is 3.56. The molecule has 1 aliphatic carbocycles. The van der Waals surface area contributed by atoms with E-state index in [1.54, 1.807) is 13.8 Å². The van der Waals surface area contributed by atoms with E-state index in [1.807, 2.05) is 0 Å². The normalized spacial score (nSPS) is 49.2. The maximum absolute atomic E-state index is 12.8. The molecule has 2 heteroatoms. The fraction of sp³-hybridized carbons (Fsp3) is 1.00. The van der Waals surface area contributed by atoms with Crippen LogP contribution in [0.3, 0.4) is 0 Å². The van der Waals surface area contributed by atoms with Crippen LogP contribution in [0, 0.1) is 11.8 Å². The first-order valence-corrected chi connectivity index (χ1v) is 3.89. The Labute approximate surface area is 60.6 Å². The number of alkyl halides is 2. The van der Waals surface area contributed by atoms with E-state index in [0.29, 0.717) is 12.8 Å². The second kappa shape index (κ2) is 2.85. The largest absolute Gasteiger partial charge is 0.247 e. The Hall–Kier alpha value is -0.140. The van der Waals surface area contributed by atoms with Crippen LogP contribution >= 0.6 is 0 Å². The third kappa shape index (κ3) is 1.47. The summed E-state index contributed by atoms with van der Waals surface area (Å²) in [4.78, 5) is 0. The minimum atomic E-state index is -0.776. The SMILES string of the molecule is CC1CC(F)C(C)CC1F. The Morgan fingerprint density at radius 3 is 1.50 bits per heavy atom. The van der Waals surface area contributed by atoms with Gasteiger partial charge in [-0.1, -0.05) is 13.8 Å². The minimum Gasteiger partial charge on any atom is -0.247 e. The van der Waals surface area contributed by atoms with Crippen molar-refractivity contribution in [3.63, 3.8) is 0 Å². The molecule has 0 bridgehead atoms. The first kappa shape index (κ1) is 7.96. The molecule has 0 aliphatic heterocycles. The number of hydrogen-bond acceptors (Lipinski definition) is 0. The van der Waals surface area contributed by atoms with Crippen molar-refractivity contribution in [3.05, 3.63) is 0 Å². The van der Waals surface area contributed by atoms with Crippen LogP contribution in [0.5, 0.6) is 0 Å². The van der Waals surface area contributed by atoms with Gasteiger partial charge in [0.1, 0.15) is 12.3 Å². The highest BCUT2D eigenvalue weighted by atomic mass is 19.1. The zero-order valence-electron chi connectivity index (χ0n) is 6.48. The molecule has 1 aliphatic rings. The van der Waals surface area contributed by atoms with Crippen LogP contribution < -0.4 is 0 Å². The summed E-state index contributed by atoms with van der Waals surface area (Å²) in [7, 11) is 0. The van der Waals surface area contributed by atoms with Gasteiger partial charge in [0.25, 0.3) is 0 Å². The number of halogens is 2. The van der Waals surface area contributed by atoms with Gasteiger partial charge >= 0.3 is 0 Å². The Bertz CT molecular complexity index is 87.8. The van der Waals surface area contributed by atoms with Crippen molar-refractivity contribution in [3.8, 4) is 0 Å². The Morgan fingerprint density at radius 2 is 1.20 bits per heavy atom. The van der Waals surface area contributed by atoms with E-state index in [4.69, 9.17) is 0 Å². The lowest BCUT2D eigenvalue weighted by Crippen LogP contribution is -2.31. The van der Waals surface area contributed by atoms with Crippen molar-refractivity contribution in [2.45, 2.75) is 39.0 Å². The summed E-state index contributed by atoms with van der Waals surface area (Å²) >= 11 is 0. The van der Waals surface area contributed by atoms with Gasteiger partial charge in [-0.3, -0.25) is 0 Å². The van der Waals surface area contributed by atoms with Crippen molar-refractivity contribution in [1.29, 1.82) is 0 Å². The van der Waals surface area contributed by atoms with Gasteiger partial charge in [0.05, 0.1) is 0 Å². The minimum absolute atomic E-state index is 0.0776. The second-order valence-corrected chi connectivity index (χ2v) is 3.46. The van der Waals surface area contributed by atoms with Gasteiger partial charge in [0.15, 0.2) is 0 Å². The van der Waals surface area contributed by atoms with E-state index in [1.165, 1.54) is 0 Å². The maximum atomic E-state index is 12.8. The molecule has 60 valence electrons. The van der Waals surface area contributed by atoms with E-state index >= 15 is 0 Å². The zero-order valence-corrected chi connectivity index (χ0v) is 6.48. The van der Waals surface area contributed by atoms with Crippen molar-refractivity contribution < 1.29 is 8.78 Å². The Kier molecular flexibility index (Phi) is 2.27. The molecule has 4 atom stereocenters. The maximum Gasteiger partial charge on any atom is 0.103 e. The molecule has 0 spiro atoms. The lowest BCUT2D eigenvalue weighted by molar-refractivity contribution is 0.0696. The molecular formula is C8H14F2. The molecule has 1 saturated carbocycles. The molecule has 0 aromatic carbocycles. The molecule has 0 aromatic rings. The van der Waals surface area contributed by atoms with Crippen LogP contribution in [-0.2, 0) is 0 Å². The van der Waals surface area contributed by atoms with Gasteiger partial charge < -0.3 is 0 Å². The lowest BCUT2D eigenvalue weighted by atomic mass is 9.81. The molecule has 0 heterocycles. The predicted molar refractivity (Wildman–Crippen MR) is 37.4 cm³/mol. The second-order valence-electron chi connectivity index (χ2n) is 3.46.